The maximum Gasteiger partial charge on any atom is 0.315 e. The highest BCUT2D eigenvalue weighted by atomic mass is 16.4. The smallest absolute Gasteiger partial charge is 0.315 e. The third-order valence-electron chi connectivity index (χ3n) is 4.47. The van der Waals surface area contributed by atoms with Crippen molar-refractivity contribution in [2.45, 2.75) is 31.3 Å². The Balaban J connectivity index is 1.62. The quantitative estimate of drug-likeness (QED) is 0.754. The van der Waals surface area contributed by atoms with Crippen molar-refractivity contribution in [3.63, 3.8) is 0 Å². The molecule has 0 aliphatic heterocycles. The van der Waals surface area contributed by atoms with E-state index in [2.05, 4.69) is 15.6 Å². The van der Waals surface area contributed by atoms with E-state index in [1.165, 1.54) is 0 Å². The molecule has 1 fully saturated rings. The van der Waals surface area contributed by atoms with Gasteiger partial charge in [0.1, 0.15) is 0 Å². The first-order valence-corrected chi connectivity index (χ1v) is 8.36. The molecule has 0 saturated heterocycles. The molecule has 3 N–H and O–H groups in total. The predicted molar refractivity (Wildman–Crippen MR) is 92.9 cm³/mol. The Morgan fingerprint density at radius 2 is 1.84 bits per heavy atom. The SMILES string of the molecule is O=C(NC1CC(C(=O)O)C1)NC(Cc1ccccn1)c1ccccc1. The van der Waals surface area contributed by atoms with Crippen LogP contribution >= 0.6 is 0 Å². The molecule has 1 aromatic heterocycles. The lowest BCUT2D eigenvalue weighted by atomic mass is 9.80. The second-order valence-electron chi connectivity index (χ2n) is 6.31. The lowest BCUT2D eigenvalue weighted by Gasteiger charge is -2.33. The van der Waals surface area contributed by atoms with Crippen molar-refractivity contribution in [1.82, 2.24) is 15.6 Å². The number of nitrogens with zero attached hydrogens (tertiary/aromatic N) is 1. The molecule has 0 radical (unpaired) electrons. The van der Waals surface area contributed by atoms with E-state index >= 15 is 0 Å². The van der Waals surface area contributed by atoms with E-state index in [0.29, 0.717) is 19.3 Å². The molecule has 1 aromatic carbocycles. The van der Waals surface area contributed by atoms with Crippen LogP contribution in [0.5, 0.6) is 0 Å². The summed E-state index contributed by atoms with van der Waals surface area (Å²) in [6.07, 6.45) is 3.29. The molecule has 1 aliphatic carbocycles. The number of aliphatic carboxylic acids is 1. The van der Waals surface area contributed by atoms with Crippen LogP contribution in [-0.2, 0) is 11.2 Å². The Bertz CT molecular complexity index is 715. The molecule has 2 aromatic rings. The summed E-state index contributed by atoms with van der Waals surface area (Å²) in [5.41, 5.74) is 1.89. The first-order valence-electron chi connectivity index (χ1n) is 8.36. The minimum absolute atomic E-state index is 0.0765. The number of benzene rings is 1. The highest BCUT2D eigenvalue weighted by Crippen LogP contribution is 2.27. The first kappa shape index (κ1) is 17.0. The second-order valence-corrected chi connectivity index (χ2v) is 6.31. The highest BCUT2D eigenvalue weighted by Gasteiger charge is 2.35. The number of carbonyl (C=O) groups is 2. The van der Waals surface area contributed by atoms with Crippen molar-refractivity contribution < 1.29 is 14.7 Å². The van der Waals surface area contributed by atoms with Gasteiger partial charge in [-0.2, -0.15) is 0 Å². The third-order valence-corrected chi connectivity index (χ3v) is 4.47. The number of pyridine rings is 1. The molecular weight excluding hydrogens is 318 g/mol. The summed E-state index contributed by atoms with van der Waals surface area (Å²) in [7, 11) is 0. The monoisotopic (exact) mass is 339 g/mol. The first-order chi connectivity index (χ1) is 12.1. The average molecular weight is 339 g/mol. The third kappa shape index (κ3) is 4.56. The molecule has 2 amide bonds. The van der Waals surface area contributed by atoms with E-state index in [9.17, 15) is 9.59 Å². The standard InChI is InChI=1S/C19H21N3O3/c23-18(24)14-10-16(11-14)21-19(25)22-17(13-6-2-1-3-7-13)12-15-8-4-5-9-20-15/h1-9,14,16-17H,10-12H2,(H,23,24)(H2,21,22,25). The largest absolute Gasteiger partial charge is 0.481 e. The van der Waals surface area contributed by atoms with Gasteiger partial charge in [-0.25, -0.2) is 4.79 Å². The predicted octanol–water partition coefficient (Wildman–Crippen LogP) is 2.53. The summed E-state index contributed by atoms with van der Waals surface area (Å²) in [6.45, 7) is 0. The zero-order chi connectivity index (χ0) is 17.6. The van der Waals surface area contributed by atoms with Gasteiger partial charge in [0.15, 0.2) is 0 Å². The fraction of sp³-hybridized carbons (Fsp3) is 0.316. The molecule has 130 valence electrons. The number of amides is 2. The summed E-state index contributed by atoms with van der Waals surface area (Å²) in [5.74, 6) is -1.14. The molecule has 1 unspecified atom stereocenters. The molecule has 3 rings (SSSR count). The van der Waals surface area contributed by atoms with Gasteiger partial charge in [0.25, 0.3) is 0 Å². The number of urea groups is 1. The Hall–Kier alpha value is -2.89. The van der Waals surface area contributed by atoms with Crippen LogP contribution in [0.15, 0.2) is 54.7 Å². The topological polar surface area (TPSA) is 91.3 Å². The van der Waals surface area contributed by atoms with Crippen molar-refractivity contribution >= 4 is 12.0 Å². The molecule has 6 nitrogen and oxygen atoms in total. The van der Waals surface area contributed by atoms with Crippen LogP contribution in [0, 0.1) is 5.92 Å². The van der Waals surface area contributed by atoms with Gasteiger partial charge in [0.05, 0.1) is 12.0 Å². The summed E-state index contributed by atoms with van der Waals surface area (Å²) < 4.78 is 0. The molecule has 1 saturated carbocycles. The number of carboxylic acids is 1. The summed E-state index contributed by atoms with van der Waals surface area (Å²) in [6, 6.07) is 14.9. The van der Waals surface area contributed by atoms with Gasteiger partial charge >= 0.3 is 12.0 Å². The van der Waals surface area contributed by atoms with E-state index < -0.39 is 5.97 Å². The Morgan fingerprint density at radius 1 is 1.12 bits per heavy atom. The van der Waals surface area contributed by atoms with Gasteiger partial charge in [-0.05, 0) is 30.5 Å². The maximum absolute atomic E-state index is 12.3. The number of nitrogens with one attached hydrogen (secondary N) is 2. The molecule has 1 atom stereocenters. The van der Waals surface area contributed by atoms with Crippen molar-refractivity contribution in [2.75, 3.05) is 0 Å². The van der Waals surface area contributed by atoms with Crippen molar-refractivity contribution in [3.8, 4) is 0 Å². The number of rotatable bonds is 6. The van der Waals surface area contributed by atoms with Crippen LogP contribution in [0.25, 0.3) is 0 Å². The lowest BCUT2D eigenvalue weighted by molar-refractivity contribution is -0.145. The van der Waals surface area contributed by atoms with Crippen LogP contribution in [0.1, 0.15) is 30.1 Å². The Morgan fingerprint density at radius 3 is 2.48 bits per heavy atom. The van der Waals surface area contributed by atoms with Crippen LogP contribution in [0.2, 0.25) is 0 Å². The number of hydrogen-bond donors (Lipinski definition) is 3. The number of carboxylic acid groups (broad SMARTS) is 1. The van der Waals surface area contributed by atoms with Gasteiger partial charge in [-0.1, -0.05) is 36.4 Å². The maximum atomic E-state index is 12.3. The van der Waals surface area contributed by atoms with E-state index in [1.807, 2.05) is 48.5 Å². The van der Waals surface area contributed by atoms with Gasteiger partial charge in [-0.3, -0.25) is 9.78 Å². The van der Waals surface area contributed by atoms with Crippen LogP contribution in [0.4, 0.5) is 4.79 Å². The number of hydrogen-bond acceptors (Lipinski definition) is 3. The fourth-order valence-corrected chi connectivity index (χ4v) is 2.99. The number of aromatic nitrogens is 1. The molecular formula is C19H21N3O3. The summed E-state index contributed by atoms with van der Waals surface area (Å²) >= 11 is 0. The number of carbonyl (C=O) groups excluding carboxylic acids is 1. The summed E-state index contributed by atoms with van der Waals surface area (Å²) in [4.78, 5) is 27.5. The molecule has 1 heterocycles. The minimum Gasteiger partial charge on any atom is -0.481 e. The normalized spacial score (nSPS) is 20.2. The van der Waals surface area contributed by atoms with Crippen molar-refractivity contribution in [2.24, 2.45) is 5.92 Å². The van der Waals surface area contributed by atoms with Crippen molar-refractivity contribution in [1.29, 1.82) is 0 Å². The van der Waals surface area contributed by atoms with E-state index in [4.69, 9.17) is 5.11 Å². The van der Waals surface area contributed by atoms with Crippen LogP contribution in [-0.4, -0.2) is 28.1 Å². The molecule has 6 heteroatoms. The van der Waals surface area contributed by atoms with Gasteiger partial charge < -0.3 is 15.7 Å². The van der Waals surface area contributed by atoms with Crippen LogP contribution in [0.3, 0.4) is 0 Å². The van der Waals surface area contributed by atoms with E-state index in [-0.39, 0.29) is 24.0 Å². The zero-order valence-corrected chi connectivity index (χ0v) is 13.8. The van der Waals surface area contributed by atoms with Gasteiger partial charge in [-0.15, -0.1) is 0 Å². The van der Waals surface area contributed by atoms with Crippen molar-refractivity contribution in [3.05, 3.63) is 66.0 Å². The molecule has 25 heavy (non-hydrogen) atoms. The molecule has 1 aliphatic rings. The van der Waals surface area contributed by atoms with Gasteiger partial charge in [0.2, 0.25) is 0 Å². The average Bonchev–Trinajstić information content (AvgIpc) is 2.58. The molecule has 0 bridgehead atoms. The van der Waals surface area contributed by atoms with E-state index in [1.54, 1.807) is 6.20 Å². The minimum atomic E-state index is -0.796. The fourth-order valence-electron chi connectivity index (χ4n) is 2.99. The second kappa shape index (κ2) is 7.79. The van der Waals surface area contributed by atoms with E-state index in [0.717, 1.165) is 11.3 Å². The zero-order valence-electron chi connectivity index (χ0n) is 13.8. The Labute approximate surface area is 146 Å². The highest BCUT2D eigenvalue weighted by molar-refractivity contribution is 5.76. The Kier molecular flexibility index (Phi) is 5.28. The van der Waals surface area contributed by atoms with Gasteiger partial charge in [0, 0.05) is 24.4 Å². The van der Waals surface area contributed by atoms with Crippen LogP contribution < -0.4 is 10.6 Å². The summed E-state index contributed by atoms with van der Waals surface area (Å²) in [5, 5.41) is 14.7. The lowest BCUT2D eigenvalue weighted by Crippen LogP contribution is -2.50. The molecule has 0 spiro atoms.